The molecule has 3 aromatic rings. The number of carbonyl (C=O) groups is 1. The highest BCUT2D eigenvalue weighted by atomic mass is 19.4. The van der Waals surface area contributed by atoms with Crippen molar-refractivity contribution < 1.29 is 18.0 Å². The molecule has 0 unspecified atom stereocenters. The van der Waals surface area contributed by atoms with Crippen LogP contribution in [0.2, 0.25) is 0 Å². The number of nitrogens with zero attached hydrogens (tertiary/aromatic N) is 3. The Hall–Kier alpha value is -3.29. The number of amides is 1. The number of pyridine rings is 1. The quantitative estimate of drug-likeness (QED) is 0.524. The summed E-state index contributed by atoms with van der Waals surface area (Å²) in [6.07, 6.45) is -2.45. The van der Waals surface area contributed by atoms with Crippen LogP contribution in [0.3, 0.4) is 0 Å². The van der Waals surface area contributed by atoms with Gasteiger partial charge in [0.15, 0.2) is 0 Å². The third-order valence-electron chi connectivity index (χ3n) is 5.91. The van der Waals surface area contributed by atoms with Crippen LogP contribution in [0, 0.1) is 0 Å². The van der Waals surface area contributed by atoms with Crippen LogP contribution in [-0.2, 0) is 6.18 Å². The molecule has 0 bridgehead atoms. The van der Waals surface area contributed by atoms with E-state index in [0.29, 0.717) is 49.8 Å². The smallest absolute Gasteiger partial charge is 0.368 e. The highest BCUT2D eigenvalue weighted by molar-refractivity contribution is 6.07. The van der Waals surface area contributed by atoms with E-state index in [0.717, 1.165) is 29.8 Å². The zero-order chi connectivity index (χ0) is 23.4. The number of fused-ring (bicyclic) bond motifs is 1. The van der Waals surface area contributed by atoms with E-state index >= 15 is 0 Å². The van der Waals surface area contributed by atoms with E-state index in [1.807, 2.05) is 35.2 Å². The van der Waals surface area contributed by atoms with Gasteiger partial charge >= 0.3 is 6.18 Å². The Balaban J connectivity index is 1.53. The van der Waals surface area contributed by atoms with Crippen LogP contribution in [0.15, 0.2) is 54.6 Å². The van der Waals surface area contributed by atoms with Gasteiger partial charge in [-0.05, 0) is 36.8 Å². The van der Waals surface area contributed by atoms with Gasteiger partial charge in [-0.1, -0.05) is 37.6 Å². The molecule has 2 heterocycles. The maximum Gasteiger partial charge on any atom is 0.416 e. The summed E-state index contributed by atoms with van der Waals surface area (Å²) in [5.41, 5.74) is 1.26. The van der Waals surface area contributed by atoms with E-state index in [1.165, 1.54) is 12.1 Å². The van der Waals surface area contributed by atoms with Gasteiger partial charge < -0.3 is 15.1 Å². The third kappa shape index (κ3) is 5.21. The summed E-state index contributed by atoms with van der Waals surface area (Å²) in [6.45, 7) is 5.01. The first-order chi connectivity index (χ1) is 15.9. The molecule has 174 valence electrons. The number of anilines is 2. The largest absolute Gasteiger partial charge is 0.416 e. The predicted molar refractivity (Wildman–Crippen MR) is 125 cm³/mol. The van der Waals surface area contributed by atoms with Crippen LogP contribution in [0.25, 0.3) is 10.9 Å². The Morgan fingerprint density at radius 2 is 1.73 bits per heavy atom. The molecule has 1 aromatic heterocycles. The second-order valence-corrected chi connectivity index (χ2v) is 8.18. The molecule has 1 aliphatic heterocycles. The van der Waals surface area contributed by atoms with Gasteiger partial charge in [0, 0.05) is 43.8 Å². The zero-order valence-corrected chi connectivity index (χ0v) is 18.5. The van der Waals surface area contributed by atoms with Gasteiger partial charge in [-0.2, -0.15) is 13.2 Å². The summed E-state index contributed by atoms with van der Waals surface area (Å²) >= 11 is 0. The van der Waals surface area contributed by atoms with Crippen LogP contribution in [-0.4, -0.2) is 43.6 Å². The van der Waals surface area contributed by atoms with E-state index in [2.05, 4.69) is 17.1 Å². The minimum Gasteiger partial charge on any atom is -0.368 e. The number of alkyl halides is 3. The van der Waals surface area contributed by atoms with E-state index in [-0.39, 0.29) is 5.91 Å². The van der Waals surface area contributed by atoms with Gasteiger partial charge in [-0.3, -0.25) is 4.79 Å². The molecule has 1 fully saturated rings. The van der Waals surface area contributed by atoms with E-state index in [1.54, 1.807) is 6.07 Å². The molecule has 0 spiro atoms. The molecule has 1 aliphatic rings. The lowest BCUT2D eigenvalue weighted by Gasteiger charge is -2.37. The van der Waals surface area contributed by atoms with Crippen molar-refractivity contribution in [1.29, 1.82) is 0 Å². The normalized spacial score (nSPS) is 14.5. The fourth-order valence-corrected chi connectivity index (χ4v) is 4.06. The molecule has 1 saturated heterocycles. The lowest BCUT2D eigenvalue weighted by molar-refractivity contribution is -0.137. The summed E-state index contributed by atoms with van der Waals surface area (Å²) in [7, 11) is 0. The highest BCUT2D eigenvalue weighted by Crippen LogP contribution is 2.32. The molecule has 4 rings (SSSR count). The van der Waals surface area contributed by atoms with Gasteiger partial charge in [-0.25, -0.2) is 4.98 Å². The van der Waals surface area contributed by atoms with E-state index in [9.17, 15) is 18.0 Å². The third-order valence-corrected chi connectivity index (χ3v) is 5.91. The van der Waals surface area contributed by atoms with Crippen LogP contribution < -0.4 is 15.1 Å². The van der Waals surface area contributed by atoms with Gasteiger partial charge in [0.1, 0.15) is 5.82 Å². The Morgan fingerprint density at radius 1 is 1.00 bits per heavy atom. The molecular weight excluding hydrogens is 429 g/mol. The number of aromatic nitrogens is 1. The minimum absolute atomic E-state index is 0.120. The monoisotopic (exact) mass is 456 g/mol. The van der Waals surface area contributed by atoms with Crippen molar-refractivity contribution in [2.75, 3.05) is 42.5 Å². The van der Waals surface area contributed by atoms with Crippen molar-refractivity contribution >= 4 is 28.3 Å². The zero-order valence-electron chi connectivity index (χ0n) is 18.5. The Labute approximate surface area is 191 Å². The molecule has 2 aromatic carbocycles. The average molecular weight is 457 g/mol. The molecule has 33 heavy (non-hydrogen) atoms. The van der Waals surface area contributed by atoms with Gasteiger partial charge in [0.25, 0.3) is 5.91 Å². The number of rotatable bonds is 6. The lowest BCUT2D eigenvalue weighted by atomic mass is 10.1. The van der Waals surface area contributed by atoms with Gasteiger partial charge in [0.2, 0.25) is 0 Å². The Bertz CT molecular complexity index is 1120. The highest BCUT2D eigenvalue weighted by Gasteiger charge is 2.31. The number of unbranched alkanes of at least 4 members (excludes halogenated alkanes) is 1. The molecular formula is C25H27F3N4O. The standard InChI is InChI=1S/C25H27F3N4O/c1-2-3-11-29-24(33)21-17-23(30-22-10-5-4-9-20(21)22)32-14-12-31(13-15-32)19-8-6-7-18(16-19)25(26,27)28/h4-10,16-17H,2-3,11-15H2,1H3,(H,29,33). The first-order valence-corrected chi connectivity index (χ1v) is 11.2. The Morgan fingerprint density at radius 3 is 2.45 bits per heavy atom. The van der Waals surface area contributed by atoms with Crippen molar-refractivity contribution in [3.05, 3.63) is 65.7 Å². The van der Waals surface area contributed by atoms with Crippen molar-refractivity contribution in [2.45, 2.75) is 25.9 Å². The molecule has 0 radical (unpaired) electrons. The lowest BCUT2D eigenvalue weighted by Crippen LogP contribution is -2.47. The number of piperazine rings is 1. The topological polar surface area (TPSA) is 48.5 Å². The molecule has 0 saturated carbocycles. The molecule has 0 atom stereocenters. The number of hydrogen-bond donors (Lipinski definition) is 1. The van der Waals surface area contributed by atoms with Crippen molar-refractivity contribution in [1.82, 2.24) is 10.3 Å². The summed E-state index contributed by atoms with van der Waals surface area (Å²) in [5.74, 6) is 0.587. The summed E-state index contributed by atoms with van der Waals surface area (Å²) in [4.78, 5) is 21.7. The number of hydrogen-bond acceptors (Lipinski definition) is 4. The first kappa shape index (κ1) is 22.9. The Kier molecular flexibility index (Phi) is 6.72. The molecule has 1 amide bonds. The van der Waals surface area contributed by atoms with Crippen molar-refractivity contribution in [3.63, 3.8) is 0 Å². The van der Waals surface area contributed by atoms with Gasteiger partial charge in [-0.15, -0.1) is 0 Å². The molecule has 0 aliphatic carbocycles. The fraction of sp³-hybridized carbons (Fsp3) is 0.360. The van der Waals surface area contributed by atoms with Crippen molar-refractivity contribution in [2.24, 2.45) is 0 Å². The maximum atomic E-state index is 13.1. The second kappa shape index (κ2) is 9.68. The molecule has 1 N–H and O–H groups in total. The number of halogens is 3. The van der Waals surface area contributed by atoms with Crippen LogP contribution in [0.5, 0.6) is 0 Å². The maximum absolute atomic E-state index is 13.1. The first-order valence-electron chi connectivity index (χ1n) is 11.2. The summed E-state index contributed by atoms with van der Waals surface area (Å²) in [6, 6.07) is 14.8. The van der Waals surface area contributed by atoms with Crippen LogP contribution >= 0.6 is 0 Å². The minimum atomic E-state index is -4.36. The van der Waals surface area contributed by atoms with Crippen LogP contribution in [0.1, 0.15) is 35.7 Å². The number of benzene rings is 2. The second-order valence-electron chi connectivity index (χ2n) is 8.18. The fourth-order valence-electron chi connectivity index (χ4n) is 4.06. The molecule has 8 heteroatoms. The number of carbonyl (C=O) groups excluding carboxylic acids is 1. The number of nitrogens with one attached hydrogen (secondary N) is 1. The summed E-state index contributed by atoms with van der Waals surface area (Å²) < 4.78 is 39.2. The van der Waals surface area contributed by atoms with Gasteiger partial charge in [0.05, 0.1) is 16.6 Å². The van der Waals surface area contributed by atoms with E-state index < -0.39 is 11.7 Å². The summed E-state index contributed by atoms with van der Waals surface area (Å²) in [5, 5.41) is 3.79. The van der Waals surface area contributed by atoms with Crippen LogP contribution in [0.4, 0.5) is 24.7 Å². The van der Waals surface area contributed by atoms with Crippen molar-refractivity contribution in [3.8, 4) is 0 Å². The number of para-hydroxylation sites is 1. The average Bonchev–Trinajstić information content (AvgIpc) is 2.83. The molecule has 5 nitrogen and oxygen atoms in total. The SMILES string of the molecule is CCCCNC(=O)c1cc(N2CCN(c3cccc(C(F)(F)F)c3)CC2)nc2ccccc12. The van der Waals surface area contributed by atoms with E-state index in [4.69, 9.17) is 4.98 Å². The predicted octanol–water partition coefficient (Wildman–Crippen LogP) is 5.11.